The minimum absolute atomic E-state index is 0.135. The van der Waals surface area contributed by atoms with Gasteiger partial charge in [0.25, 0.3) is 5.91 Å². The summed E-state index contributed by atoms with van der Waals surface area (Å²) in [6, 6.07) is 6.84. The number of benzene rings is 1. The largest absolute Gasteiger partial charge is 0.352 e. The minimum Gasteiger partial charge on any atom is -0.352 e. The molecular weight excluding hydrogens is 398 g/mol. The summed E-state index contributed by atoms with van der Waals surface area (Å²) in [5, 5.41) is 5.69. The van der Waals surface area contributed by atoms with Crippen LogP contribution >= 0.6 is 15.9 Å². The molecule has 0 spiro atoms. The van der Waals surface area contributed by atoms with Gasteiger partial charge in [-0.3, -0.25) is 14.5 Å². The molecule has 7 heteroatoms. The molecule has 4 amide bonds. The number of rotatable bonds is 4. The normalized spacial score (nSPS) is 28.8. The molecule has 3 rings (SSSR count). The zero-order chi connectivity index (χ0) is 18.9. The number of hydrogen-bond donors (Lipinski definition) is 2. The van der Waals surface area contributed by atoms with Gasteiger partial charge >= 0.3 is 6.03 Å². The van der Waals surface area contributed by atoms with Crippen LogP contribution in [0.4, 0.5) is 4.79 Å². The number of nitrogens with one attached hydrogen (secondary N) is 2. The van der Waals surface area contributed by atoms with E-state index in [4.69, 9.17) is 0 Å². The number of halogens is 1. The van der Waals surface area contributed by atoms with E-state index in [2.05, 4.69) is 33.5 Å². The Kier molecular flexibility index (Phi) is 5.37. The van der Waals surface area contributed by atoms with Gasteiger partial charge in [-0.1, -0.05) is 35.0 Å². The first kappa shape index (κ1) is 18.9. The Morgan fingerprint density at radius 1 is 1.31 bits per heavy atom. The van der Waals surface area contributed by atoms with Crippen LogP contribution in [0.3, 0.4) is 0 Å². The third-order valence-electron chi connectivity index (χ3n) is 5.36. The Morgan fingerprint density at radius 3 is 2.65 bits per heavy atom. The van der Waals surface area contributed by atoms with Crippen LogP contribution in [0, 0.1) is 5.92 Å². The van der Waals surface area contributed by atoms with Crippen LogP contribution < -0.4 is 10.6 Å². The SMILES string of the molecule is CC1CCC(NC(=O)CN2C(=O)N[C@](C)(c3cccc(Br)c3)C2=O)CC1. The molecule has 1 aliphatic heterocycles. The molecule has 1 heterocycles. The number of nitrogens with zero attached hydrogens (tertiary/aromatic N) is 1. The van der Waals surface area contributed by atoms with Gasteiger partial charge in [0.2, 0.25) is 5.91 Å². The topological polar surface area (TPSA) is 78.5 Å². The smallest absolute Gasteiger partial charge is 0.325 e. The zero-order valence-corrected chi connectivity index (χ0v) is 16.6. The van der Waals surface area contributed by atoms with E-state index in [1.807, 2.05) is 12.1 Å². The van der Waals surface area contributed by atoms with E-state index >= 15 is 0 Å². The van der Waals surface area contributed by atoms with E-state index in [0.717, 1.165) is 35.1 Å². The summed E-state index contributed by atoms with van der Waals surface area (Å²) in [7, 11) is 0. The van der Waals surface area contributed by atoms with Gasteiger partial charge in [-0.05, 0) is 56.2 Å². The first-order valence-corrected chi connectivity index (χ1v) is 9.78. The molecule has 2 fully saturated rings. The lowest BCUT2D eigenvalue weighted by atomic mass is 9.87. The number of urea groups is 1. The molecule has 1 aromatic rings. The van der Waals surface area contributed by atoms with Crippen molar-refractivity contribution in [2.45, 2.75) is 51.1 Å². The predicted octanol–water partition coefficient (Wildman–Crippen LogP) is 2.91. The number of hydrogen-bond acceptors (Lipinski definition) is 3. The number of imide groups is 1. The summed E-state index contributed by atoms with van der Waals surface area (Å²) in [4.78, 5) is 38.5. The zero-order valence-electron chi connectivity index (χ0n) is 15.0. The molecule has 1 saturated heterocycles. The molecule has 1 aromatic carbocycles. The number of amides is 4. The van der Waals surface area contributed by atoms with Crippen LogP contribution in [-0.4, -0.2) is 35.3 Å². The van der Waals surface area contributed by atoms with E-state index < -0.39 is 17.5 Å². The molecule has 1 atom stereocenters. The van der Waals surface area contributed by atoms with Crippen molar-refractivity contribution in [3.63, 3.8) is 0 Å². The van der Waals surface area contributed by atoms with Gasteiger partial charge in [0, 0.05) is 10.5 Å². The van der Waals surface area contributed by atoms with Gasteiger partial charge in [-0.25, -0.2) is 4.79 Å². The van der Waals surface area contributed by atoms with E-state index in [1.54, 1.807) is 19.1 Å². The highest BCUT2D eigenvalue weighted by molar-refractivity contribution is 9.10. The van der Waals surface area contributed by atoms with Crippen molar-refractivity contribution in [3.05, 3.63) is 34.3 Å². The number of carbonyl (C=O) groups excluding carboxylic acids is 3. The fraction of sp³-hybridized carbons (Fsp3) is 0.526. The van der Waals surface area contributed by atoms with E-state index in [-0.39, 0.29) is 18.5 Å². The van der Waals surface area contributed by atoms with Gasteiger partial charge in [-0.2, -0.15) is 0 Å². The average molecular weight is 422 g/mol. The van der Waals surface area contributed by atoms with Crippen molar-refractivity contribution in [1.29, 1.82) is 0 Å². The highest BCUT2D eigenvalue weighted by Gasteiger charge is 2.49. The van der Waals surface area contributed by atoms with Crippen molar-refractivity contribution >= 4 is 33.8 Å². The molecule has 1 saturated carbocycles. The van der Waals surface area contributed by atoms with Crippen molar-refractivity contribution in [1.82, 2.24) is 15.5 Å². The second-order valence-corrected chi connectivity index (χ2v) is 8.40. The molecule has 140 valence electrons. The Balaban J connectivity index is 1.66. The number of carbonyl (C=O) groups is 3. The second-order valence-electron chi connectivity index (χ2n) is 7.48. The van der Waals surface area contributed by atoms with Crippen LogP contribution in [0.1, 0.15) is 45.1 Å². The Morgan fingerprint density at radius 2 is 2.00 bits per heavy atom. The maximum absolute atomic E-state index is 12.9. The second kappa shape index (κ2) is 7.39. The third-order valence-corrected chi connectivity index (χ3v) is 5.85. The first-order valence-electron chi connectivity index (χ1n) is 8.99. The van der Waals surface area contributed by atoms with E-state index in [9.17, 15) is 14.4 Å². The standard InChI is InChI=1S/C19H24BrN3O3/c1-12-6-8-15(9-7-12)21-16(24)11-23-17(25)19(2,22-18(23)26)13-4-3-5-14(20)10-13/h3-5,10,12,15H,6-9,11H2,1-2H3,(H,21,24)(H,22,26)/t12?,15?,19-/m1/s1. The van der Waals surface area contributed by atoms with Crippen molar-refractivity contribution < 1.29 is 14.4 Å². The lowest BCUT2D eigenvalue weighted by molar-refractivity contribution is -0.135. The van der Waals surface area contributed by atoms with Gasteiger partial charge in [0.1, 0.15) is 12.1 Å². The predicted molar refractivity (Wildman–Crippen MR) is 101 cm³/mol. The van der Waals surface area contributed by atoms with Crippen molar-refractivity contribution in [3.8, 4) is 0 Å². The lowest BCUT2D eigenvalue weighted by Crippen LogP contribution is -2.46. The van der Waals surface area contributed by atoms with Gasteiger partial charge in [0.15, 0.2) is 0 Å². The Labute approximate surface area is 161 Å². The highest BCUT2D eigenvalue weighted by Crippen LogP contribution is 2.30. The summed E-state index contributed by atoms with van der Waals surface area (Å²) in [5.74, 6) is -0.000411. The highest BCUT2D eigenvalue weighted by atomic mass is 79.9. The van der Waals surface area contributed by atoms with Crippen LogP contribution in [0.2, 0.25) is 0 Å². The molecule has 2 aliphatic rings. The first-order chi connectivity index (χ1) is 12.3. The molecule has 26 heavy (non-hydrogen) atoms. The van der Waals surface area contributed by atoms with Crippen molar-refractivity contribution in [2.75, 3.05) is 6.54 Å². The lowest BCUT2D eigenvalue weighted by Gasteiger charge is -2.27. The molecule has 0 aromatic heterocycles. The van der Waals surface area contributed by atoms with Gasteiger partial charge < -0.3 is 10.6 Å². The van der Waals surface area contributed by atoms with Crippen LogP contribution in [0.5, 0.6) is 0 Å². The van der Waals surface area contributed by atoms with Crippen LogP contribution in [0.15, 0.2) is 28.7 Å². The summed E-state index contributed by atoms with van der Waals surface area (Å²) in [5.41, 5.74) is -0.490. The van der Waals surface area contributed by atoms with E-state index in [1.165, 1.54) is 0 Å². The van der Waals surface area contributed by atoms with Crippen LogP contribution in [0.25, 0.3) is 0 Å². The van der Waals surface area contributed by atoms with Gasteiger partial charge in [0.05, 0.1) is 0 Å². The molecule has 1 aliphatic carbocycles. The summed E-state index contributed by atoms with van der Waals surface area (Å²) >= 11 is 3.38. The quantitative estimate of drug-likeness (QED) is 0.733. The van der Waals surface area contributed by atoms with Gasteiger partial charge in [-0.15, -0.1) is 0 Å². The van der Waals surface area contributed by atoms with E-state index in [0.29, 0.717) is 11.5 Å². The molecule has 0 unspecified atom stereocenters. The molecule has 0 bridgehead atoms. The average Bonchev–Trinajstić information content (AvgIpc) is 2.81. The molecule has 6 nitrogen and oxygen atoms in total. The fourth-order valence-corrected chi connectivity index (χ4v) is 4.06. The maximum Gasteiger partial charge on any atom is 0.325 e. The molecular formula is C19H24BrN3O3. The fourth-order valence-electron chi connectivity index (χ4n) is 3.66. The monoisotopic (exact) mass is 421 g/mol. The molecule has 0 radical (unpaired) electrons. The third kappa shape index (κ3) is 3.77. The Hall–Kier alpha value is -1.89. The maximum atomic E-state index is 12.9. The van der Waals surface area contributed by atoms with Crippen LogP contribution in [-0.2, 0) is 15.1 Å². The molecule has 2 N–H and O–H groups in total. The summed E-state index contributed by atoms with van der Waals surface area (Å²) in [6.45, 7) is 3.63. The Bertz CT molecular complexity index is 730. The summed E-state index contributed by atoms with van der Waals surface area (Å²) < 4.78 is 0.820. The minimum atomic E-state index is -1.17. The van der Waals surface area contributed by atoms with Crippen molar-refractivity contribution in [2.24, 2.45) is 5.92 Å². The summed E-state index contributed by atoms with van der Waals surface area (Å²) in [6.07, 6.45) is 4.08.